The first-order chi connectivity index (χ1) is 16.8. The molecule has 0 spiro atoms. The average molecular weight is 504 g/mol. The van der Waals surface area contributed by atoms with Gasteiger partial charge in [0.25, 0.3) is 0 Å². The molecule has 4 aliphatic carbocycles. The van der Waals surface area contributed by atoms with Crippen molar-refractivity contribution in [1.29, 1.82) is 0 Å². The predicted molar refractivity (Wildman–Crippen MR) is 125 cm³/mol. The summed E-state index contributed by atoms with van der Waals surface area (Å²) in [4.78, 5) is 12.1. The second-order valence-corrected chi connectivity index (χ2v) is 10.9. The normalized spacial score (nSPS) is 34.3. The van der Waals surface area contributed by atoms with Gasteiger partial charge in [-0.15, -0.1) is 0 Å². The quantitative estimate of drug-likeness (QED) is 0.360. The zero-order valence-electron chi connectivity index (χ0n) is 20.0. The van der Waals surface area contributed by atoms with Crippen molar-refractivity contribution in [3.05, 3.63) is 65.1 Å². The number of rotatable bonds is 2. The summed E-state index contributed by atoms with van der Waals surface area (Å²) in [5.74, 6) is -0.931. The summed E-state index contributed by atoms with van der Waals surface area (Å²) in [5, 5.41) is 11.3. The van der Waals surface area contributed by atoms with Crippen molar-refractivity contribution in [2.75, 3.05) is 0 Å². The van der Waals surface area contributed by atoms with Crippen LogP contribution in [0, 0.1) is 36.0 Å². The summed E-state index contributed by atoms with van der Waals surface area (Å²) in [6.45, 7) is 4.94. The Kier molecular flexibility index (Phi) is 5.79. The molecular weight excluding hydrogens is 475 g/mol. The Morgan fingerprint density at radius 3 is 2.39 bits per heavy atom. The highest BCUT2D eigenvalue weighted by atomic mass is 19.4. The Balaban J connectivity index is 1.68. The molecule has 0 amide bonds. The van der Waals surface area contributed by atoms with E-state index in [1.165, 1.54) is 6.92 Å². The van der Waals surface area contributed by atoms with Crippen molar-refractivity contribution >= 4 is 5.78 Å². The molecule has 1 N–H and O–H groups in total. The van der Waals surface area contributed by atoms with Crippen molar-refractivity contribution in [2.45, 2.75) is 75.5 Å². The molecule has 36 heavy (non-hydrogen) atoms. The molecule has 5 atom stereocenters. The minimum Gasteiger partial charge on any atom is -0.383 e. The van der Waals surface area contributed by atoms with Crippen LogP contribution < -0.4 is 0 Å². The van der Waals surface area contributed by atoms with Gasteiger partial charge < -0.3 is 5.11 Å². The van der Waals surface area contributed by atoms with E-state index in [0.29, 0.717) is 25.7 Å². The van der Waals surface area contributed by atoms with E-state index >= 15 is 0 Å². The summed E-state index contributed by atoms with van der Waals surface area (Å²) in [6.07, 6.45) is -2.67. The van der Waals surface area contributed by atoms with E-state index in [9.17, 15) is 31.9 Å². The van der Waals surface area contributed by atoms with E-state index in [1.54, 1.807) is 18.2 Å². The molecule has 0 bridgehead atoms. The van der Waals surface area contributed by atoms with Crippen molar-refractivity contribution in [3.8, 4) is 11.8 Å². The highest BCUT2D eigenvalue weighted by molar-refractivity contribution is 5.93. The molecule has 191 valence electrons. The van der Waals surface area contributed by atoms with Crippen molar-refractivity contribution in [2.24, 2.45) is 17.3 Å². The maximum absolute atomic E-state index is 15.0. The summed E-state index contributed by atoms with van der Waals surface area (Å²) >= 11 is 0. The van der Waals surface area contributed by atoms with Gasteiger partial charge >= 0.3 is 12.1 Å². The third kappa shape index (κ3) is 3.44. The number of hydrogen-bond acceptors (Lipinski definition) is 2. The standard InChI is InChI=1S/C29H28F5O2/c1-3-4-17-5-7-18(8-6-17)23-16-26(2)24(13-14-27(26,36)28(30,31)29(32,33)34)22-11-9-19-15-20(35)10-12-21(19)25(22)23/h5-8,15,22-24,36H,1,9-14,16H2,2H3/t22-,23+,24-,26-,27-/m0/s1. The molecule has 2 nitrogen and oxygen atoms in total. The minimum absolute atomic E-state index is 0.0310. The Morgan fingerprint density at radius 1 is 1.06 bits per heavy atom. The molecule has 0 aromatic heterocycles. The van der Waals surface area contributed by atoms with Crippen LogP contribution in [0.5, 0.6) is 0 Å². The van der Waals surface area contributed by atoms with Gasteiger partial charge in [-0.3, -0.25) is 4.79 Å². The molecule has 7 heteroatoms. The van der Waals surface area contributed by atoms with Gasteiger partial charge in [-0.05, 0) is 85.3 Å². The lowest BCUT2D eigenvalue weighted by molar-refractivity contribution is -0.362. The monoisotopic (exact) mass is 503 g/mol. The van der Waals surface area contributed by atoms with Gasteiger partial charge in [-0.1, -0.05) is 36.5 Å². The fraction of sp³-hybridized carbons (Fsp3) is 0.517. The molecule has 4 aliphatic rings. The van der Waals surface area contributed by atoms with Crippen LogP contribution in [0.1, 0.15) is 68.9 Å². The number of fused-ring (bicyclic) bond motifs is 4. The molecule has 0 saturated heterocycles. The van der Waals surface area contributed by atoms with Crippen molar-refractivity contribution in [1.82, 2.24) is 0 Å². The van der Waals surface area contributed by atoms with E-state index in [4.69, 9.17) is 0 Å². The molecule has 1 aromatic rings. The second kappa shape index (κ2) is 8.28. The van der Waals surface area contributed by atoms with Gasteiger partial charge in [0.2, 0.25) is 0 Å². The topological polar surface area (TPSA) is 37.3 Å². The Hall–Kier alpha value is -2.46. The first kappa shape index (κ1) is 25.2. The number of ketones is 1. The second-order valence-electron chi connectivity index (χ2n) is 10.9. The maximum atomic E-state index is 15.0. The molecule has 0 unspecified atom stereocenters. The van der Waals surface area contributed by atoms with Crippen molar-refractivity contribution < 1.29 is 31.9 Å². The third-order valence-electron chi connectivity index (χ3n) is 9.31. The molecule has 1 radical (unpaired) electrons. The number of aliphatic hydroxyl groups is 1. The van der Waals surface area contributed by atoms with E-state index < -0.39 is 41.4 Å². The zero-order valence-corrected chi connectivity index (χ0v) is 20.0. The summed E-state index contributed by atoms with van der Waals surface area (Å²) in [6, 6.07) is 7.25. The number of benzene rings is 1. The van der Waals surface area contributed by atoms with Crippen LogP contribution in [-0.2, 0) is 4.79 Å². The van der Waals surface area contributed by atoms with Crippen LogP contribution in [0.2, 0.25) is 0 Å². The van der Waals surface area contributed by atoms with Crippen molar-refractivity contribution in [3.63, 3.8) is 0 Å². The summed E-state index contributed by atoms with van der Waals surface area (Å²) < 4.78 is 70.8. The lowest BCUT2D eigenvalue weighted by atomic mass is 9.50. The molecule has 2 fully saturated rings. The van der Waals surface area contributed by atoms with Crippen LogP contribution in [0.25, 0.3) is 0 Å². The Bertz CT molecular complexity index is 1210. The van der Waals surface area contributed by atoms with Crippen LogP contribution >= 0.6 is 0 Å². The molecular formula is C29H28F5O2. The molecule has 5 rings (SSSR count). The minimum atomic E-state index is -5.85. The molecule has 0 aliphatic heterocycles. The number of halogens is 5. The zero-order chi connectivity index (χ0) is 26.1. The van der Waals surface area contributed by atoms with E-state index in [0.717, 1.165) is 27.8 Å². The fourth-order valence-corrected chi connectivity index (χ4v) is 7.62. The smallest absolute Gasteiger partial charge is 0.383 e. The third-order valence-corrected chi connectivity index (χ3v) is 9.31. The maximum Gasteiger partial charge on any atom is 0.456 e. The van der Waals surface area contributed by atoms with Crippen LogP contribution in [-0.4, -0.2) is 28.6 Å². The lowest BCUT2D eigenvalue weighted by Gasteiger charge is -2.56. The molecule has 2 saturated carbocycles. The Labute approximate surface area is 207 Å². The van der Waals surface area contributed by atoms with Gasteiger partial charge in [-0.25, -0.2) is 0 Å². The van der Waals surface area contributed by atoms with E-state index in [-0.39, 0.29) is 24.5 Å². The van der Waals surface area contributed by atoms with Gasteiger partial charge in [0.1, 0.15) is 5.60 Å². The largest absolute Gasteiger partial charge is 0.456 e. The van der Waals surface area contributed by atoms with Crippen LogP contribution in [0.15, 0.2) is 47.1 Å². The average Bonchev–Trinajstić information content (AvgIpc) is 3.10. The summed E-state index contributed by atoms with van der Waals surface area (Å²) in [7, 11) is 0. The number of carbonyl (C=O) groups is 1. The van der Waals surface area contributed by atoms with Gasteiger partial charge in [0.15, 0.2) is 5.78 Å². The van der Waals surface area contributed by atoms with Crippen LogP contribution in [0.4, 0.5) is 22.0 Å². The highest BCUT2D eigenvalue weighted by Crippen LogP contribution is 2.70. The van der Waals surface area contributed by atoms with Crippen LogP contribution in [0.3, 0.4) is 0 Å². The van der Waals surface area contributed by atoms with Gasteiger partial charge in [0, 0.05) is 30.2 Å². The Morgan fingerprint density at radius 2 is 1.75 bits per heavy atom. The highest BCUT2D eigenvalue weighted by Gasteiger charge is 2.79. The first-order valence-electron chi connectivity index (χ1n) is 12.4. The number of carbonyl (C=O) groups excluding carboxylic acids is 1. The fourth-order valence-electron chi connectivity index (χ4n) is 7.62. The predicted octanol–water partition coefficient (Wildman–Crippen LogP) is 6.70. The van der Waals surface area contributed by atoms with Gasteiger partial charge in [-0.2, -0.15) is 22.0 Å². The lowest BCUT2D eigenvalue weighted by Crippen LogP contribution is -2.65. The number of alkyl halides is 5. The number of hydrogen-bond donors (Lipinski definition) is 1. The number of allylic oxidation sites excluding steroid dienone is 4. The van der Waals surface area contributed by atoms with Gasteiger partial charge in [0.05, 0.1) is 0 Å². The summed E-state index contributed by atoms with van der Waals surface area (Å²) in [5.41, 5.74) is -0.274. The molecule has 1 aromatic carbocycles. The molecule has 0 heterocycles. The van der Waals surface area contributed by atoms with E-state index in [2.05, 4.69) is 18.8 Å². The first-order valence-corrected chi connectivity index (χ1v) is 12.4. The SMILES string of the molecule is [CH2]C#Cc1ccc([C@H]2C[C@@]3(C)[C@@H](CC[C@@]3(O)C(F)(F)C(F)(F)F)[C@@H]3CCC4=CC(=O)CCC4=C32)cc1. The van der Waals surface area contributed by atoms with E-state index in [1.807, 2.05) is 12.1 Å².